The van der Waals surface area contributed by atoms with Crippen LogP contribution in [0.5, 0.6) is 0 Å². The van der Waals surface area contributed by atoms with Crippen LogP contribution in [0, 0.1) is 0 Å². The Bertz CT molecular complexity index is 500. The first-order chi connectivity index (χ1) is 7.97. The average Bonchev–Trinajstić information content (AvgIpc) is 2.63. The Kier molecular flexibility index (Phi) is 3.35. The van der Waals surface area contributed by atoms with Gasteiger partial charge in [-0.15, -0.1) is 0 Å². The second kappa shape index (κ2) is 4.63. The fourth-order valence-corrected chi connectivity index (χ4v) is 2.13. The van der Waals surface area contributed by atoms with Gasteiger partial charge in [-0.05, 0) is 30.7 Å². The highest BCUT2D eigenvalue weighted by atomic mass is 79.9. The molecule has 3 nitrogen and oxygen atoms in total. The molecule has 1 heterocycles. The number of benzene rings is 1. The SMILES string of the molecule is Cn1ccc(CC(C)(N)c2ccc(Br)cc2)n1. The summed E-state index contributed by atoms with van der Waals surface area (Å²) in [4.78, 5) is 0. The molecule has 0 amide bonds. The standard InChI is InChI=1S/C13H16BrN3/c1-13(15,9-12-7-8-17(2)16-12)10-3-5-11(14)6-4-10/h3-8H,9,15H2,1-2H3. The third-order valence-electron chi connectivity index (χ3n) is 2.82. The lowest BCUT2D eigenvalue weighted by atomic mass is 9.88. The van der Waals surface area contributed by atoms with Crippen LogP contribution in [0.15, 0.2) is 41.0 Å². The maximum Gasteiger partial charge on any atom is 0.0646 e. The molecule has 0 spiro atoms. The lowest BCUT2D eigenvalue weighted by Crippen LogP contribution is -2.35. The Morgan fingerprint density at radius 2 is 1.94 bits per heavy atom. The van der Waals surface area contributed by atoms with Crippen LogP contribution in [0.25, 0.3) is 0 Å². The third-order valence-corrected chi connectivity index (χ3v) is 3.35. The van der Waals surface area contributed by atoms with Crippen molar-refractivity contribution in [1.29, 1.82) is 0 Å². The van der Waals surface area contributed by atoms with Gasteiger partial charge in [-0.1, -0.05) is 28.1 Å². The fraction of sp³-hybridized carbons (Fsp3) is 0.308. The second-order valence-corrected chi connectivity index (χ2v) is 5.50. The lowest BCUT2D eigenvalue weighted by molar-refractivity contribution is 0.482. The Morgan fingerprint density at radius 3 is 2.47 bits per heavy atom. The van der Waals surface area contributed by atoms with Crippen molar-refractivity contribution in [1.82, 2.24) is 9.78 Å². The van der Waals surface area contributed by atoms with Crippen LogP contribution >= 0.6 is 15.9 Å². The van der Waals surface area contributed by atoms with Crippen molar-refractivity contribution in [2.24, 2.45) is 12.8 Å². The van der Waals surface area contributed by atoms with Gasteiger partial charge in [0.2, 0.25) is 0 Å². The molecule has 1 unspecified atom stereocenters. The van der Waals surface area contributed by atoms with Gasteiger partial charge in [-0.25, -0.2) is 0 Å². The smallest absolute Gasteiger partial charge is 0.0646 e. The van der Waals surface area contributed by atoms with Gasteiger partial charge in [-0.3, -0.25) is 4.68 Å². The molecule has 2 aromatic rings. The van der Waals surface area contributed by atoms with E-state index in [-0.39, 0.29) is 0 Å². The van der Waals surface area contributed by atoms with E-state index in [1.165, 1.54) is 0 Å². The molecule has 0 aliphatic carbocycles. The Balaban J connectivity index is 2.21. The molecule has 1 atom stereocenters. The fourth-order valence-electron chi connectivity index (χ4n) is 1.87. The topological polar surface area (TPSA) is 43.8 Å². The molecule has 4 heteroatoms. The summed E-state index contributed by atoms with van der Waals surface area (Å²) < 4.78 is 2.86. The monoisotopic (exact) mass is 293 g/mol. The molecule has 90 valence electrons. The van der Waals surface area contributed by atoms with Crippen molar-refractivity contribution in [2.45, 2.75) is 18.9 Å². The summed E-state index contributed by atoms with van der Waals surface area (Å²) in [6.07, 6.45) is 2.67. The first-order valence-corrected chi connectivity index (χ1v) is 6.30. The summed E-state index contributed by atoms with van der Waals surface area (Å²) in [6, 6.07) is 10.1. The van der Waals surface area contributed by atoms with Crippen molar-refractivity contribution < 1.29 is 0 Å². The number of hydrogen-bond acceptors (Lipinski definition) is 2. The van der Waals surface area contributed by atoms with Gasteiger partial charge in [0.05, 0.1) is 5.69 Å². The maximum atomic E-state index is 6.36. The predicted molar refractivity (Wildman–Crippen MR) is 72.6 cm³/mol. The Labute approximate surface area is 110 Å². The maximum absolute atomic E-state index is 6.36. The summed E-state index contributed by atoms with van der Waals surface area (Å²) in [5.41, 5.74) is 8.10. The van der Waals surface area contributed by atoms with E-state index in [0.29, 0.717) is 0 Å². The van der Waals surface area contributed by atoms with Gasteiger partial charge < -0.3 is 5.73 Å². The number of hydrogen-bond donors (Lipinski definition) is 1. The highest BCUT2D eigenvalue weighted by Crippen LogP contribution is 2.23. The summed E-state index contributed by atoms with van der Waals surface area (Å²) in [7, 11) is 1.91. The van der Waals surface area contributed by atoms with Gasteiger partial charge in [0, 0.05) is 29.7 Å². The zero-order chi connectivity index (χ0) is 12.5. The van der Waals surface area contributed by atoms with Crippen LogP contribution in [0.3, 0.4) is 0 Å². The van der Waals surface area contributed by atoms with Crippen LogP contribution in [0.1, 0.15) is 18.2 Å². The van der Waals surface area contributed by atoms with E-state index in [2.05, 4.69) is 21.0 Å². The van der Waals surface area contributed by atoms with Crippen molar-refractivity contribution in [3.63, 3.8) is 0 Å². The van der Waals surface area contributed by atoms with Crippen LogP contribution in [-0.2, 0) is 19.0 Å². The van der Waals surface area contributed by atoms with Crippen molar-refractivity contribution >= 4 is 15.9 Å². The molecule has 0 aliphatic rings. The molecular formula is C13H16BrN3. The molecule has 0 radical (unpaired) electrons. The molecule has 0 saturated carbocycles. The summed E-state index contributed by atoms with van der Waals surface area (Å²) >= 11 is 3.43. The van der Waals surface area contributed by atoms with E-state index in [9.17, 15) is 0 Å². The van der Waals surface area contributed by atoms with Crippen LogP contribution in [-0.4, -0.2) is 9.78 Å². The number of nitrogens with zero attached hydrogens (tertiary/aromatic N) is 2. The van der Waals surface area contributed by atoms with Gasteiger partial charge in [-0.2, -0.15) is 5.10 Å². The largest absolute Gasteiger partial charge is 0.321 e. The quantitative estimate of drug-likeness (QED) is 0.945. The second-order valence-electron chi connectivity index (χ2n) is 4.58. The minimum absolute atomic E-state index is 0.394. The third kappa shape index (κ3) is 2.96. The molecule has 0 fully saturated rings. The van der Waals surface area contributed by atoms with Crippen molar-refractivity contribution in [3.05, 3.63) is 52.3 Å². The first-order valence-electron chi connectivity index (χ1n) is 5.51. The summed E-state index contributed by atoms with van der Waals surface area (Å²) in [5, 5.41) is 4.37. The van der Waals surface area contributed by atoms with Crippen molar-refractivity contribution in [3.8, 4) is 0 Å². The number of rotatable bonds is 3. The predicted octanol–water partition coefficient (Wildman–Crippen LogP) is 2.60. The van der Waals surface area contributed by atoms with Crippen LogP contribution in [0.4, 0.5) is 0 Å². The van der Waals surface area contributed by atoms with E-state index >= 15 is 0 Å². The molecule has 1 aromatic heterocycles. The minimum Gasteiger partial charge on any atom is -0.321 e. The molecule has 1 aromatic carbocycles. The van der Waals surface area contributed by atoms with E-state index in [1.807, 2.05) is 50.5 Å². The Morgan fingerprint density at radius 1 is 1.29 bits per heavy atom. The molecule has 17 heavy (non-hydrogen) atoms. The Hall–Kier alpha value is -1.13. The molecular weight excluding hydrogens is 278 g/mol. The van der Waals surface area contributed by atoms with Gasteiger partial charge in [0.15, 0.2) is 0 Å². The number of halogens is 1. The molecule has 2 rings (SSSR count). The van der Waals surface area contributed by atoms with Gasteiger partial charge in [0.1, 0.15) is 0 Å². The van der Waals surface area contributed by atoms with Gasteiger partial charge in [0.25, 0.3) is 0 Å². The van der Waals surface area contributed by atoms with E-state index in [4.69, 9.17) is 5.73 Å². The molecule has 2 N–H and O–H groups in total. The van der Waals surface area contributed by atoms with Crippen LogP contribution in [0.2, 0.25) is 0 Å². The summed E-state index contributed by atoms with van der Waals surface area (Å²) in [5.74, 6) is 0. The van der Waals surface area contributed by atoms with Crippen molar-refractivity contribution in [2.75, 3.05) is 0 Å². The van der Waals surface area contributed by atoms with E-state index in [0.717, 1.165) is 22.2 Å². The van der Waals surface area contributed by atoms with Gasteiger partial charge >= 0.3 is 0 Å². The van der Waals surface area contributed by atoms with E-state index in [1.54, 1.807) is 4.68 Å². The molecule has 0 aliphatic heterocycles. The number of aryl methyl sites for hydroxylation is 1. The van der Waals surface area contributed by atoms with Crippen LogP contribution < -0.4 is 5.73 Å². The number of aromatic nitrogens is 2. The number of nitrogens with two attached hydrogens (primary N) is 1. The minimum atomic E-state index is -0.394. The molecule has 0 saturated heterocycles. The lowest BCUT2D eigenvalue weighted by Gasteiger charge is -2.24. The highest BCUT2D eigenvalue weighted by Gasteiger charge is 2.22. The zero-order valence-electron chi connectivity index (χ0n) is 10.0. The average molecular weight is 294 g/mol. The highest BCUT2D eigenvalue weighted by molar-refractivity contribution is 9.10. The first kappa shape index (κ1) is 12.3. The summed E-state index contributed by atoms with van der Waals surface area (Å²) in [6.45, 7) is 2.03. The normalized spacial score (nSPS) is 14.6. The van der Waals surface area contributed by atoms with E-state index < -0.39 is 5.54 Å². The zero-order valence-corrected chi connectivity index (χ0v) is 11.6. The molecule has 0 bridgehead atoms.